The van der Waals surface area contributed by atoms with Crippen molar-refractivity contribution in [3.8, 4) is 0 Å². The zero-order valence-electron chi connectivity index (χ0n) is 11.6. The number of rotatable bonds is 3. The van der Waals surface area contributed by atoms with E-state index in [1.54, 1.807) is 20.2 Å². The maximum Gasteiger partial charge on any atom is 0.249 e. The van der Waals surface area contributed by atoms with E-state index in [9.17, 15) is 13.2 Å². The van der Waals surface area contributed by atoms with E-state index in [0.29, 0.717) is 18.4 Å². The number of carbonyl (C=O) groups excluding carboxylic acids is 1. The van der Waals surface area contributed by atoms with E-state index >= 15 is 0 Å². The summed E-state index contributed by atoms with van der Waals surface area (Å²) in [6.07, 6.45) is 3.00. The second-order valence-electron chi connectivity index (χ2n) is 5.49. The third-order valence-corrected chi connectivity index (χ3v) is 6.30. The minimum Gasteiger partial charge on any atom is -0.373 e. The second-order valence-corrected chi connectivity index (χ2v) is 7.64. The van der Waals surface area contributed by atoms with Gasteiger partial charge in [0, 0.05) is 19.7 Å². The Labute approximate surface area is 114 Å². The van der Waals surface area contributed by atoms with Gasteiger partial charge in [-0.25, -0.2) is 8.42 Å². The molecule has 0 aromatic rings. The van der Waals surface area contributed by atoms with Gasteiger partial charge < -0.3 is 10.1 Å². The molecule has 3 atom stereocenters. The fourth-order valence-corrected chi connectivity index (χ4v) is 5.83. The third-order valence-electron chi connectivity index (χ3n) is 4.43. The van der Waals surface area contributed by atoms with Crippen LogP contribution in [-0.4, -0.2) is 45.6 Å². The second kappa shape index (κ2) is 4.90. The molecule has 1 amide bonds. The summed E-state index contributed by atoms with van der Waals surface area (Å²) in [5.74, 6) is 0.544. The molecule has 1 unspecified atom stereocenters. The van der Waals surface area contributed by atoms with E-state index in [0.717, 1.165) is 0 Å². The van der Waals surface area contributed by atoms with Crippen LogP contribution in [0.3, 0.4) is 0 Å². The van der Waals surface area contributed by atoms with Gasteiger partial charge in [-0.3, -0.25) is 4.79 Å². The largest absolute Gasteiger partial charge is 0.373 e. The van der Waals surface area contributed by atoms with E-state index < -0.39 is 15.4 Å². The van der Waals surface area contributed by atoms with Crippen LogP contribution in [0.25, 0.3) is 0 Å². The van der Waals surface area contributed by atoms with Crippen LogP contribution in [0, 0.1) is 11.8 Å². The van der Waals surface area contributed by atoms with Crippen LogP contribution < -0.4 is 5.32 Å². The minimum absolute atomic E-state index is 0.115. The zero-order chi connectivity index (χ0) is 14.3. The molecule has 1 saturated heterocycles. The van der Waals surface area contributed by atoms with Crippen molar-refractivity contribution in [3.63, 3.8) is 0 Å². The van der Waals surface area contributed by atoms with Crippen molar-refractivity contribution >= 4 is 15.7 Å². The Morgan fingerprint density at radius 2 is 1.84 bits per heavy atom. The molecule has 5 nitrogen and oxygen atoms in total. The van der Waals surface area contributed by atoms with Crippen LogP contribution >= 0.6 is 0 Å². The maximum absolute atomic E-state index is 12.0. The monoisotopic (exact) mass is 287 g/mol. The van der Waals surface area contributed by atoms with Crippen LogP contribution in [-0.2, 0) is 19.4 Å². The van der Waals surface area contributed by atoms with Gasteiger partial charge in [-0.1, -0.05) is 6.08 Å². The summed E-state index contributed by atoms with van der Waals surface area (Å²) in [4.78, 5) is 12.0. The number of amides is 1. The van der Waals surface area contributed by atoms with Crippen LogP contribution in [0.5, 0.6) is 0 Å². The first-order valence-corrected chi connectivity index (χ1v) is 8.34. The van der Waals surface area contributed by atoms with Crippen LogP contribution in [0.15, 0.2) is 11.6 Å². The molecule has 1 N–H and O–H groups in total. The van der Waals surface area contributed by atoms with Gasteiger partial charge in [0.1, 0.15) is 0 Å². The molecule has 6 heteroatoms. The normalized spacial score (nSPS) is 37.1. The van der Waals surface area contributed by atoms with Gasteiger partial charge in [-0.2, -0.15) is 0 Å². The highest BCUT2D eigenvalue weighted by atomic mass is 32.2. The van der Waals surface area contributed by atoms with E-state index in [-0.39, 0.29) is 29.2 Å². The molecule has 0 aromatic heterocycles. The van der Waals surface area contributed by atoms with E-state index in [2.05, 4.69) is 5.32 Å². The Morgan fingerprint density at radius 3 is 2.21 bits per heavy atom. The topological polar surface area (TPSA) is 72.5 Å². The molecule has 2 aliphatic rings. The first-order valence-electron chi connectivity index (χ1n) is 6.52. The highest BCUT2D eigenvalue weighted by molar-refractivity contribution is 7.91. The number of nitrogens with one attached hydrogen (secondary N) is 1. The number of likely N-dealkylation sites (N-methyl/N-ethyl adjacent to an activating group) is 1. The lowest BCUT2D eigenvalue weighted by atomic mass is 9.89. The summed E-state index contributed by atoms with van der Waals surface area (Å²) in [6, 6.07) is 0. The molecule has 1 saturated carbocycles. The Morgan fingerprint density at radius 1 is 1.32 bits per heavy atom. The average Bonchev–Trinajstić information content (AvgIpc) is 2.80. The number of methoxy groups -OCH3 is 1. The van der Waals surface area contributed by atoms with Crippen molar-refractivity contribution < 1.29 is 17.9 Å². The smallest absolute Gasteiger partial charge is 0.249 e. The lowest BCUT2D eigenvalue weighted by Gasteiger charge is -2.30. The van der Waals surface area contributed by atoms with Crippen molar-refractivity contribution in [1.82, 2.24) is 5.32 Å². The minimum atomic E-state index is -2.90. The van der Waals surface area contributed by atoms with Crippen LogP contribution in [0.1, 0.15) is 19.8 Å². The van der Waals surface area contributed by atoms with E-state index in [4.69, 9.17) is 4.74 Å². The molecular weight excluding hydrogens is 266 g/mol. The van der Waals surface area contributed by atoms with Gasteiger partial charge in [0.25, 0.3) is 0 Å². The lowest BCUT2D eigenvalue weighted by molar-refractivity contribution is -0.120. The molecule has 2 rings (SSSR count). The van der Waals surface area contributed by atoms with Gasteiger partial charge in [-0.05, 0) is 31.6 Å². The third kappa shape index (κ3) is 2.43. The van der Waals surface area contributed by atoms with Crippen LogP contribution in [0.4, 0.5) is 0 Å². The lowest BCUT2D eigenvalue weighted by Crippen LogP contribution is -2.39. The summed E-state index contributed by atoms with van der Waals surface area (Å²) in [5.41, 5.74) is -0.00979. The van der Waals surface area contributed by atoms with Crippen molar-refractivity contribution in [2.75, 3.05) is 25.7 Å². The highest BCUT2D eigenvalue weighted by Gasteiger charge is 2.54. The van der Waals surface area contributed by atoms with E-state index in [1.807, 2.05) is 6.92 Å². The summed E-state index contributed by atoms with van der Waals surface area (Å²) >= 11 is 0. The quantitative estimate of drug-likeness (QED) is 0.768. The number of hydrogen-bond donors (Lipinski definition) is 1. The molecule has 1 heterocycles. The Balaban J connectivity index is 2.27. The van der Waals surface area contributed by atoms with Crippen LogP contribution in [0.2, 0.25) is 0 Å². The van der Waals surface area contributed by atoms with Crippen molar-refractivity contribution in [1.29, 1.82) is 0 Å². The van der Waals surface area contributed by atoms with Gasteiger partial charge in [-0.15, -0.1) is 0 Å². The Kier molecular flexibility index (Phi) is 3.75. The molecule has 19 heavy (non-hydrogen) atoms. The zero-order valence-corrected chi connectivity index (χ0v) is 12.4. The first-order chi connectivity index (χ1) is 8.87. The van der Waals surface area contributed by atoms with E-state index in [1.165, 1.54) is 0 Å². The number of carbonyl (C=O) groups is 1. The SMILES string of the molecule is C/C=C(\C(=O)NC)C1(OC)C[C@@H]2CS(=O)(=O)C[C@@H]2C1. The van der Waals surface area contributed by atoms with Crippen molar-refractivity contribution in [2.45, 2.75) is 25.4 Å². The highest BCUT2D eigenvalue weighted by Crippen LogP contribution is 2.49. The molecule has 1 aliphatic carbocycles. The fraction of sp³-hybridized carbons (Fsp3) is 0.769. The number of ether oxygens (including phenoxy) is 1. The number of sulfone groups is 1. The predicted molar refractivity (Wildman–Crippen MR) is 72.4 cm³/mol. The summed E-state index contributed by atoms with van der Waals surface area (Å²) in [7, 11) is 0.294. The number of fused-ring (bicyclic) bond motifs is 1. The van der Waals surface area contributed by atoms with Crippen molar-refractivity contribution in [3.05, 3.63) is 11.6 Å². The average molecular weight is 287 g/mol. The molecule has 0 aromatic carbocycles. The standard InChI is InChI=1S/C13H21NO4S/c1-4-11(12(15)14-2)13(18-3)5-9-7-19(16,17)8-10(9)6-13/h4,9-10H,5-8H2,1-3H3,(H,14,15)/b11-4+/t9-,10+,13?. The van der Waals surface area contributed by atoms with Gasteiger partial charge in [0.15, 0.2) is 9.84 Å². The van der Waals surface area contributed by atoms with Gasteiger partial charge in [0.2, 0.25) is 5.91 Å². The summed E-state index contributed by atoms with van der Waals surface area (Å²) < 4.78 is 28.9. The fourth-order valence-electron chi connectivity index (χ4n) is 3.61. The van der Waals surface area contributed by atoms with Gasteiger partial charge >= 0.3 is 0 Å². The number of allylic oxidation sites excluding steroid dienone is 1. The number of hydrogen-bond acceptors (Lipinski definition) is 4. The molecule has 0 radical (unpaired) electrons. The summed E-state index contributed by atoms with van der Waals surface area (Å²) in [6.45, 7) is 1.82. The first kappa shape index (κ1) is 14.5. The molecule has 0 bridgehead atoms. The predicted octanol–water partition coefficient (Wildman–Crippen LogP) is 0.518. The maximum atomic E-state index is 12.0. The summed E-state index contributed by atoms with van der Waals surface area (Å²) in [5, 5.41) is 2.63. The van der Waals surface area contributed by atoms with Gasteiger partial charge in [0.05, 0.1) is 17.1 Å². The molecule has 2 fully saturated rings. The molecule has 0 spiro atoms. The van der Waals surface area contributed by atoms with Crippen molar-refractivity contribution in [2.24, 2.45) is 11.8 Å². The molecular formula is C13H21NO4S. The Hall–Kier alpha value is -0.880. The molecule has 1 aliphatic heterocycles. The molecule has 108 valence electrons. The Bertz CT molecular complexity index is 489.